The van der Waals surface area contributed by atoms with Crippen LogP contribution in [-0.4, -0.2) is 235 Å². The van der Waals surface area contributed by atoms with Crippen molar-refractivity contribution in [3.63, 3.8) is 0 Å². The Balaban J connectivity index is 0.698. The molecule has 2 aliphatic heterocycles. The zero-order valence-electron chi connectivity index (χ0n) is 62.8. The predicted molar refractivity (Wildman–Crippen MR) is 394 cm³/mol. The van der Waals surface area contributed by atoms with Crippen molar-refractivity contribution in [2.75, 3.05) is 64.1 Å². The fourth-order valence-corrected chi connectivity index (χ4v) is 17.3. The number of nitrogens with zero attached hydrogens (tertiary/aromatic N) is 8. The maximum absolute atomic E-state index is 13.3. The highest BCUT2D eigenvalue weighted by atomic mass is 31.3. The van der Waals surface area contributed by atoms with Gasteiger partial charge in [-0.2, -0.15) is 8.62 Å². The summed E-state index contributed by atoms with van der Waals surface area (Å²) in [6, 6.07) is 8.02. The van der Waals surface area contributed by atoms with Crippen LogP contribution >= 0.6 is 46.9 Å². The van der Waals surface area contributed by atoms with Gasteiger partial charge in [0.05, 0.1) is 39.1 Å². The van der Waals surface area contributed by atoms with Gasteiger partial charge in [0.1, 0.15) is 84.1 Å². The highest BCUT2D eigenvalue weighted by Gasteiger charge is 2.53. The van der Waals surface area contributed by atoms with Gasteiger partial charge in [0.25, 0.3) is 0 Å². The molecule has 6 heterocycles. The second-order valence-electron chi connectivity index (χ2n) is 28.7. The number of carbonyl (C=O) groups excluding carboxylic acids is 6. The van der Waals surface area contributed by atoms with E-state index in [-0.39, 0.29) is 104 Å². The van der Waals surface area contributed by atoms with Crippen molar-refractivity contribution in [2.45, 2.75) is 180 Å². The van der Waals surface area contributed by atoms with Crippen LogP contribution in [-0.2, 0) is 114 Å². The molecule has 5 aromatic rings. The first-order valence-corrected chi connectivity index (χ1v) is 44.3. The Morgan fingerprint density at radius 3 is 1.35 bits per heavy atom. The smallest absolute Gasteiger partial charge is 0.386 e. The number of ether oxygens (including phenoxy) is 2. The molecule has 20 N–H and O–H groups in total. The lowest BCUT2D eigenvalue weighted by Gasteiger charge is -2.30. The third kappa shape index (κ3) is 29.3. The standard InChI is InChI=1S/C61H96N14O34P6/c1-59(2,40(77)18-23-65-42(79)20-25-67-56(85)50(83)61(5,6)30-103-115(98,99)109-113(94,95)101-28-39-48(107-111(89,90)91)46(81)58(105-39)75-34-73-44-52(63)69-32-71-54(44)75)21-11-15-36-14-10-13-35(26-36)12-8-7-9-16-37(76)17-22-64-41(78)19-24-66-55(84)49(82)60(3,4)29-102-114(96,97)108-112(92,93)100-27-38-47(106-110(86,87)88)45(80)57(104-38)74-33-72-43-51(62)68-31-70-53(43)74/h10,13-14,26,31-34,38-39,45-50,57-58,80-83H,7-9,11-12,15-25,27-30H2,1-6H3,(H,64,78)(H,65,79)(H,66,84)(H,67,85)(H,92,93)(H,94,95)(H,96,97)(H,98,99)(H2,62,68,70)(H2,63,69,71)(H2,86,87,88)(H2,89,90,91). The molecule has 0 saturated carbocycles. The number of aryl methyl sites for hydroxylation is 2. The quantitative estimate of drug-likeness (QED) is 0.0190. The Morgan fingerprint density at radius 2 is 0.922 bits per heavy atom. The number of anilines is 2. The molecule has 0 bridgehead atoms. The molecular weight excluding hydrogens is 1660 g/mol. The van der Waals surface area contributed by atoms with Gasteiger partial charge in [0.15, 0.2) is 35.4 Å². The van der Waals surface area contributed by atoms with Crippen LogP contribution in [0.15, 0.2) is 49.6 Å². The van der Waals surface area contributed by atoms with Gasteiger partial charge in [-0.25, -0.2) is 57.3 Å². The van der Waals surface area contributed by atoms with E-state index in [9.17, 15) is 116 Å². The lowest BCUT2D eigenvalue weighted by atomic mass is 9.81. The molecular formula is C61H96N14O34P6. The summed E-state index contributed by atoms with van der Waals surface area (Å²) in [6.45, 7) is 3.72. The number of imidazole rings is 2. The van der Waals surface area contributed by atoms with Gasteiger partial charge < -0.3 is 102 Å². The molecule has 2 saturated heterocycles. The number of fused-ring (bicyclic) bond motifs is 2. The lowest BCUT2D eigenvalue weighted by molar-refractivity contribution is -0.137. The van der Waals surface area contributed by atoms with Crippen molar-refractivity contribution in [1.29, 1.82) is 0 Å². The first kappa shape index (κ1) is 95.8. The van der Waals surface area contributed by atoms with E-state index in [0.717, 1.165) is 64.8 Å². The molecule has 4 aromatic heterocycles. The lowest BCUT2D eigenvalue weighted by Crippen LogP contribution is -2.46. The van der Waals surface area contributed by atoms with Crippen LogP contribution in [0.5, 0.6) is 0 Å². The van der Waals surface area contributed by atoms with Crippen LogP contribution in [0.2, 0.25) is 0 Å². The first-order chi connectivity index (χ1) is 53.4. The molecule has 14 unspecified atom stereocenters. The number of hydrogen-bond acceptors (Lipinski definition) is 34. The van der Waals surface area contributed by atoms with Crippen molar-refractivity contribution in [2.24, 2.45) is 16.2 Å². The molecule has 2 aliphatic rings. The number of carbonyl (C=O) groups is 6. The second kappa shape index (κ2) is 40.6. The van der Waals surface area contributed by atoms with E-state index in [1.807, 2.05) is 32.0 Å². The van der Waals surface area contributed by atoms with E-state index in [1.165, 1.54) is 27.7 Å². The van der Waals surface area contributed by atoms with Crippen molar-refractivity contribution < 1.29 is 161 Å². The number of nitrogen functional groups attached to an aromatic ring is 2. The second-order valence-corrected chi connectivity index (χ2v) is 37.2. The van der Waals surface area contributed by atoms with Crippen LogP contribution in [0, 0.1) is 16.2 Å². The molecule has 48 nitrogen and oxygen atoms in total. The third-order valence-corrected chi connectivity index (χ3v) is 24.2. The summed E-state index contributed by atoms with van der Waals surface area (Å²) in [5, 5.41) is 53.4. The third-order valence-electron chi connectivity index (χ3n) is 18.0. The molecule has 4 amide bonds. The number of phosphoric acid groups is 6. The summed E-state index contributed by atoms with van der Waals surface area (Å²) in [4.78, 5) is 180. The van der Waals surface area contributed by atoms with E-state index >= 15 is 0 Å². The maximum Gasteiger partial charge on any atom is 0.481 e. The molecule has 115 heavy (non-hydrogen) atoms. The number of amides is 4. The van der Waals surface area contributed by atoms with Crippen molar-refractivity contribution in [3.8, 4) is 0 Å². The van der Waals surface area contributed by atoms with Gasteiger partial charge in [-0.3, -0.25) is 65.0 Å². The number of nitrogens with one attached hydrogen (secondary N) is 4. The van der Waals surface area contributed by atoms with E-state index in [4.69, 9.17) is 39.0 Å². The number of hydrogen-bond donors (Lipinski definition) is 18. The number of Topliss-reactive ketones (excluding diaryl/α,β-unsaturated/α-hetero) is 2. The average molecular weight is 1760 g/mol. The molecule has 0 aliphatic carbocycles. The summed E-state index contributed by atoms with van der Waals surface area (Å²) < 4.78 is 126. The number of unbranched alkanes of at least 4 members (excludes halogenated alkanes) is 2. The number of nitrogens with two attached hydrogens (primary N) is 2. The fourth-order valence-electron chi connectivity index (χ4n) is 11.6. The number of phosphoric ester groups is 6. The van der Waals surface area contributed by atoms with Gasteiger partial charge in [-0.05, 0) is 49.7 Å². The topological polar surface area (TPSA) is 727 Å². The summed E-state index contributed by atoms with van der Waals surface area (Å²) in [6.07, 6.45) is -9.46. The fraction of sp³-hybridized carbons (Fsp3) is 0.639. The molecule has 14 atom stereocenters. The zero-order chi connectivity index (χ0) is 85.5. The van der Waals surface area contributed by atoms with Crippen molar-refractivity contribution in [1.82, 2.24) is 60.3 Å². The Labute approximate surface area is 655 Å². The van der Waals surface area contributed by atoms with Gasteiger partial charge >= 0.3 is 46.9 Å². The predicted octanol–water partition coefficient (Wildman–Crippen LogP) is 0.894. The van der Waals surface area contributed by atoms with Crippen molar-refractivity contribution >= 4 is 116 Å². The summed E-state index contributed by atoms with van der Waals surface area (Å²) in [5.74, 6) is -3.46. The van der Waals surface area contributed by atoms with Gasteiger partial charge in [-0.1, -0.05) is 72.2 Å². The SMILES string of the molecule is CC(C)(CCCc1cccc(CCCCCC(=O)CCNC(=O)CCNC(=O)C(O)C(C)(C)COP(=O)(O)OP(=O)(O)OCC2OC(n3cnc4c(N)ncnc43)C(O)C2OP(=O)(O)O)c1)C(=O)CCNC(=O)CCNC(=O)C(O)C(C)(C)COP(=O)(O)OP(=O)(O)OCC1OC(n2cnc3c(N)ncnc32)C(O)C1OP(=O)(O)O. The van der Waals surface area contributed by atoms with E-state index in [0.29, 0.717) is 25.7 Å². The van der Waals surface area contributed by atoms with Crippen molar-refractivity contribution in [3.05, 3.63) is 60.7 Å². The van der Waals surface area contributed by atoms with Crippen LogP contribution in [0.25, 0.3) is 22.3 Å². The molecule has 644 valence electrons. The molecule has 1 aromatic carbocycles. The highest BCUT2D eigenvalue weighted by molar-refractivity contribution is 7.61. The largest absolute Gasteiger partial charge is 0.481 e. The summed E-state index contributed by atoms with van der Waals surface area (Å²) in [5.41, 5.74) is 9.75. The average Bonchev–Trinajstić information content (AvgIpc) is 1.62. The minimum atomic E-state index is -5.65. The molecule has 0 spiro atoms. The maximum atomic E-state index is 13.3. The monoisotopic (exact) mass is 1750 g/mol. The Kier molecular flexibility index (Phi) is 33.8. The molecule has 2 fully saturated rings. The van der Waals surface area contributed by atoms with E-state index in [2.05, 4.69) is 74.9 Å². The normalized spacial score (nSPS) is 21.7. The van der Waals surface area contributed by atoms with Crippen LogP contribution in [0.1, 0.15) is 129 Å². The number of aromatic nitrogens is 8. The summed E-state index contributed by atoms with van der Waals surface area (Å²) in [7, 11) is -33.2. The van der Waals surface area contributed by atoms with Gasteiger partial charge in [0, 0.05) is 74.5 Å². The van der Waals surface area contributed by atoms with E-state index in [1.54, 1.807) is 0 Å². The number of rotatable bonds is 49. The highest BCUT2D eigenvalue weighted by Crippen LogP contribution is 2.63. The first-order valence-electron chi connectivity index (χ1n) is 35.3. The minimum absolute atomic E-state index is 0.00165. The number of benzene rings is 1. The van der Waals surface area contributed by atoms with Crippen LogP contribution in [0.3, 0.4) is 0 Å². The van der Waals surface area contributed by atoms with Gasteiger partial charge in [0.2, 0.25) is 23.6 Å². The molecule has 0 radical (unpaired) electrons. The zero-order valence-corrected chi connectivity index (χ0v) is 68.2. The van der Waals surface area contributed by atoms with Crippen LogP contribution in [0.4, 0.5) is 11.6 Å². The molecule has 7 rings (SSSR count). The molecule has 54 heteroatoms. The Morgan fingerprint density at radius 1 is 0.522 bits per heavy atom. The van der Waals surface area contributed by atoms with Crippen LogP contribution < -0.4 is 32.7 Å². The van der Waals surface area contributed by atoms with E-state index < -0.39 is 175 Å². The number of aliphatic hydroxyl groups excluding tert-OH is 4. The minimum Gasteiger partial charge on any atom is -0.386 e. The Bertz CT molecular complexity index is 4530. The number of aliphatic hydroxyl groups is 4. The Hall–Kier alpha value is -6.36. The summed E-state index contributed by atoms with van der Waals surface area (Å²) >= 11 is 0. The number of ketones is 2. The van der Waals surface area contributed by atoms with Gasteiger partial charge in [-0.15, -0.1) is 0 Å².